The summed E-state index contributed by atoms with van der Waals surface area (Å²) in [5.74, 6) is 0.809. The van der Waals surface area contributed by atoms with Crippen LogP contribution in [0.4, 0.5) is 4.39 Å². The number of benzene rings is 2. The fraction of sp³-hybridized carbons (Fsp3) is 0.214. The van der Waals surface area contributed by atoms with Crippen molar-refractivity contribution >= 4 is 11.5 Å². The fourth-order valence-corrected chi connectivity index (χ4v) is 3.47. The SMILES string of the molecule is CC.Cc1cc(CNC(=O)c2cccc(Oc3ccnc(C4=CCC=C4)c3)c2C)ccc1F.[HH]. The minimum Gasteiger partial charge on any atom is -0.457 e. The Hall–Kier alpha value is -3.73. The summed E-state index contributed by atoms with van der Waals surface area (Å²) in [7, 11) is 0. The van der Waals surface area contributed by atoms with Gasteiger partial charge in [-0.05, 0) is 61.2 Å². The summed E-state index contributed by atoms with van der Waals surface area (Å²) in [5, 5.41) is 2.90. The number of aryl methyl sites for hydroxylation is 1. The predicted octanol–water partition coefficient (Wildman–Crippen LogP) is 7.18. The van der Waals surface area contributed by atoms with Gasteiger partial charge in [-0.2, -0.15) is 0 Å². The molecule has 0 radical (unpaired) electrons. The summed E-state index contributed by atoms with van der Waals surface area (Å²) >= 11 is 0. The molecular formula is C28H31FN2O2. The van der Waals surface area contributed by atoms with Gasteiger partial charge in [-0.25, -0.2) is 4.39 Å². The number of halogens is 1. The Morgan fingerprint density at radius 2 is 1.97 bits per heavy atom. The van der Waals surface area contributed by atoms with Gasteiger partial charge in [-0.15, -0.1) is 0 Å². The standard InChI is InChI=1S/C26H23FN2O2.C2H6.H2/c1-17-14-19(10-11-23(17)27)16-29-26(30)22-8-5-9-25(18(22)2)31-21-12-13-28-24(15-21)20-6-3-4-7-20;1-2;/h3,5-15H,4,16H2,1-2H3,(H,29,30);1-2H3;1H. The molecule has 0 aliphatic heterocycles. The Morgan fingerprint density at radius 3 is 2.70 bits per heavy atom. The van der Waals surface area contributed by atoms with Gasteiger partial charge in [0.15, 0.2) is 0 Å². The van der Waals surface area contributed by atoms with Crippen molar-refractivity contribution in [2.24, 2.45) is 0 Å². The van der Waals surface area contributed by atoms with Crippen molar-refractivity contribution in [2.75, 3.05) is 0 Å². The molecule has 0 saturated carbocycles. The first-order valence-corrected chi connectivity index (χ1v) is 11.1. The molecule has 0 fully saturated rings. The molecule has 5 heteroatoms. The van der Waals surface area contributed by atoms with Crippen LogP contribution in [0.1, 0.15) is 54.4 Å². The zero-order chi connectivity index (χ0) is 23.8. The van der Waals surface area contributed by atoms with Crippen LogP contribution in [-0.2, 0) is 6.54 Å². The van der Waals surface area contributed by atoms with Crippen molar-refractivity contribution in [1.82, 2.24) is 10.3 Å². The quantitative estimate of drug-likeness (QED) is 0.436. The zero-order valence-electron chi connectivity index (χ0n) is 19.5. The largest absolute Gasteiger partial charge is 0.457 e. The summed E-state index contributed by atoms with van der Waals surface area (Å²) in [4.78, 5) is 17.2. The lowest BCUT2D eigenvalue weighted by molar-refractivity contribution is 0.0950. The molecule has 1 aliphatic rings. The topological polar surface area (TPSA) is 51.2 Å². The monoisotopic (exact) mass is 446 g/mol. The highest BCUT2D eigenvalue weighted by molar-refractivity contribution is 5.96. The number of nitrogens with zero attached hydrogens (tertiary/aromatic N) is 1. The summed E-state index contributed by atoms with van der Waals surface area (Å²) in [6.45, 7) is 7.88. The zero-order valence-corrected chi connectivity index (χ0v) is 19.5. The van der Waals surface area contributed by atoms with Crippen LogP contribution >= 0.6 is 0 Å². The van der Waals surface area contributed by atoms with Crippen LogP contribution in [0.3, 0.4) is 0 Å². The molecule has 0 spiro atoms. The molecule has 0 unspecified atom stereocenters. The van der Waals surface area contributed by atoms with Crippen molar-refractivity contribution < 1.29 is 15.3 Å². The van der Waals surface area contributed by atoms with Crippen molar-refractivity contribution in [2.45, 2.75) is 40.7 Å². The third kappa shape index (κ3) is 5.95. The second kappa shape index (κ2) is 11.2. The van der Waals surface area contributed by atoms with Gasteiger partial charge in [0.25, 0.3) is 5.91 Å². The van der Waals surface area contributed by atoms with Crippen LogP contribution in [0.5, 0.6) is 11.5 Å². The summed E-state index contributed by atoms with van der Waals surface area (Å²) in [6.07, 6.45) is 8.88. The van der Waals surface area contributed by atoms with Crippen molar-refractivity contribution in [1.29, 1.82) is 0 Å². The molecular weight excluding hydrogens is 415 g/mol. The van der Waals surface area contributed by atoms with Gasteiger partial charge < -0.3 is 10.1 Å². The number of hydrogen-bond donors (Lipinski definition) is 1. The molecule has 1 heterocycles. The van der Waals surface area contributed by atoms with Gasteiger partial charge in [0.1, 0.15) is 17.3 Å². The smallest absolute Gasteiger partial charge is 0.251 e. The molecule has 4 rings (SSSR count). The first-order chi connectivity index (χ1) is 16.0. The molecule has 1 amide bonds. The number of allylic oxidation sites excluding steroid dienone is 4. The number of carbonyl (C=O) groups excluding carboxylic acids is 1. The highest BCUT2D eigenvalue weighted by atomic mass is 19.1. The number of pyridine rings is 1. The highest BCUT2D eigenvalue weighted by Gasteiger charge is 2.14. The summed E-state index contributed by atoms with van der Waals surface area (Å²) < 4.78 is 19.5. The third-order valence-corrected chi connectivity index (χ3v) is 5.23. The van der Waals surface area contributed by atoms with Crippen LogP contribution in [0.2, 0.25) is 0 Å². The molecule has 3 aromatic rings. The average Bonchev–Trinajstić information content (AvgIpc) is 3.38. The Balaban J connectivity index is 0.00000133. The molecule has 0 bridgehead atoms. The number of rotatable bonds is 6. The fourth-order valence-electron chi connectivity index (χ4n) is 3.47. The Bertz CT molecular complexity index is 1200. The molecule has 172 valence electrons. The Morgan fingerprint density at radius 1 is 1.15 bits per heavy atom. The normalized spacial score (nSPS) is 12.0. The van der Waals surface area contributed by atoms with Gasteiger partial charge in [-0.3, -0.25) is 9.78 Å². The molecule has 1 aliphatic carbocycles. The van der Waals surface area contributed by atoms with Crippen LogP contribution < -0.4 is 10.1 Å². The van der Waals surface area contributed by atoms with E-state index in [0.29, 0.717) is 29.2 Å². The Labute approximate surface area is 196 Å². The van der Waals surface area contributed by atoms with E-state index in [0.717, 1.165) is 28.8 Å². The van der Waals surface area contributed by atoms with Gasteiger partial charge in [0, 0.05) is 31.4 Å². The van der Waals surface area contributed by atoms with Crippen LogP contribution in [0, 0.1) is 19.7 Å². The van der Waals surface area contributed by atoms with Crippen molar-refractivity contribution in [3.05, 3.63) is 107 Å². The number of carbonyl (C=O) groups is 1. The van der Waals surface area contributed by atoms with Gasteiger partial charge in [0.05, 0.1) is 5.69 Å². The predicted molar refractivity (Wildman–Crippen MR) is 133 cm³/mol. The molecule has 0 saturated heterocycles. The number of hydrogen-bond acceptors (Lipinski definition) is 3. The van der Waals surface area contributed by atoms with E-state index in [-0.39, 0.29) is 13.2 Å². The van der Waals surface area contributed by atoms with Gasteiger partial charge in [0.2, 0.25) is 0 Å². The summed E-state index contributed by atoms with van der Waals surface area (Å²) in [5.41, 5.74) is 4.61. The first kappa shape index (κ1) is 23.9. The molecule has 0 atom stereocenters. The number of amides is 1. The van der Waals surface area contributed by atoms with E-state index in [1.807, 2.05) is 39.0 Å². The number of nitrogens with one attached hydrogen (secondary N) is 1. The minimum atomic E-state index is -0.254. The third-order valence-electron chi connectivity index (χ3n) is 5.23. The second-order valence-corrected chi connectivity index (χ2v) is 7.47. The number of aromatic nitrogens is 1. The molecule has 4 nitrogen and oxygen atoms in total. The lowest BCUT2D eigenvalue weighted by Crippen LogP contribution is -2.23. The maximum Gasteiger partial charge on any atom is 0.251 e. The van der Waals surface area contributed by atoms with E-state index in [9.17, 15) is 9.18 Å². The molecule has 1 N–H and O–H groups in total. The lowest BCUT2D eigenvalue weighted by Gasteiger charge is -2.13. The van der Waals surface area contributed by atoms with E-state index in [4.69, 9.17) is 4.74 Å². The van der Waals surface area contributed by atoms with Gasteiger partial charge in [-0.1, -0.05) is 50.3 Å². The van der Waals surface area contributed by atoms with Crippen molar-refractivity contribution in [3.8, 4) is 11.5 Å². The molecule has 33 heavy (non-hydrogen) atoms. The Kier molecular flexibility index (Phi) is 8.14. The first-order valence-electron chi connectivity index (χ1n) is 11.1. The maximum atomic E-state index is 13.4. The number of ether oxygens (including phenoxy) is 1. The van der Waals surface area contributed by atoms with E-state index in [1.165, 1.54) is 6.07 Å². The second-order valence-electron chi connectivity index (χ2n) is 7.47. The maximum absolute atomic E-state index is 13.4. The lowest BCUT2D eigenvalue weighted by atomic mass is 10.1. The van der Waals surface area contributed by atoms with Crippen molar-refractivity contribution in [3.63, 3.8) is 0 Å². The molecule has 2 aromatic carbocycles. The van der Waals surface area contributed by atoms with E-state index in [2.05, 4.69) is 22.5 Å². The van der Waals surface area contributed by atoms with Crippen LogP contribution in [0.25, 0.3) is 5.57 Å². The highest BCUT2D eigenvalue weighted by Crippen LogP contribution is 2.29. The minimum absolute atomic E-state index is 0. The summed E-state index contributed by atoms with van der Waals surface area (Å²) in [6, 6.07) is 13.9. The van der Waals surface area contributed by atoms with E-state index < -0.39 is 0 Å². The van der Waals surface area contributed by atoms with Crippen LogP contribution in [0.15, 0.2) is 73.0 Å². The van der Waals surface area contributed by atoms with Crippen LogP contribution in [-0.4, -0.2) is 10.9 Å². The molecule has 1 aromatic heterocycles. The van der Waals surface area contributed by atoms with E-state index in [1.54, 1.807) is 43.5 Å². The average molecular weight is 447 g/mol. The van der Waals surface area contributed by atoms with E-state index >= 15 is 0 Å². The van der Waals surface area contributed by atoms with Gasteiger partial charge >= 0.3 is 0 Å².